The van der Waals surface area contributed by atoms with Gasteiger partial charge in [0.05, 0.1) is 6.61 Å². The summed E-state index contributed by atoms with van der Waals surface area (Å²) in [6.45, 7) is 1.84. The van der Waals surface area contributed by atoms with Gasteiger partial charge >= 0.3 is 5.97 Å². The first-order chi connectivity index (χ1) is 14.1. The first-order valence-corrected chi connectivity index (χ1v) is 9.18. The lowest BCUT2D eigenvalue weighted by molar-refractivity contribution is -0.139. The Bertz CT molecular complexity index is 1160. The van der Waals surface area contributed by atoms with Gasteiger partial charge in [-0.15, -0.1) is 0 Å². The number of pyridine rings is 1. The molecule has 7 nitrogen and oxygen atoms in total. The first kappa shape index (κ1) is 18.6. The van der Waals surface area contributed by atoms with Crippen molar-refractivity contribution in [2.45, 2.75) is 6.92 Å². The zero-order valence-electron chi connectivity index (χ0n) is 16.0. The molecular formula is C21H18BN3O4. The number of nitrogens with zero attached hydrogens (tertiary/aromatic N) is 1. The summed E-state index contributed by atoms with van der Waals surface area (Å²) in [4.78, 5) is 32.6. The third kappa shape index (κ3) is 3.64. The van der Waals surface area contributed by atoms with E-state index in [1.165, 1.54) is 0 Å². The number of ketones is 1. The topological polar surface area (TPSA) is 93.3 Å². The molecule has 0 amide bonds. The van der Waals surface area contributed by atoms with Crippen LogP contribution in [0.3, 0.4) is 0 Å². The molecule has 0 fully saturated rings. The molecule has 3 heterocycles. The zero-order valence-corrected chi connectivity index (χ0v) is 16.0. The number of esters is 1. The summed E-state index contributed by atoms with van der Waals surface area (Å²) in [6.07, 6.45) is 5.00. The number of allylic oxidation sites excluding steroid dienone is 1. The Hall–Kier alpha value is -3.81. The first-order valence-electron chi connectivity index (χ1n) is 9.18. The van der Waals surface area contributed by atoms with Gasteiger partial charge in [0.15, 0.2) is 11.3 Å². The number of nitrogens with one attached hydrogen (secondary N) is 2. The highest BCUT2D eigenvalue weighted by Gasteiger charge is 2.37. The van der Waals surface area contributed by atoms with Crippen LogP contribution < -0.4 is 10.8 Å². The Kier molecular flexibility index (Phi) is 4.91. The number of anilines is 1. The standard InChI is InChI=1S/C21H18BN3O4/c1-2-28-21(27)17-18(26)16(10-12-11-24-19-15(12)4-3-9-23-19)29-20(17)25-14-7-5-13(22)6-8-14/h3-11,25H,2,22H2,1H3,(H,23,24)/b16-10-. The van der Waals surface area contributed by atoms with Crippen LogP contribution in [-0.4, -0.2) is 36.2 Å². The fraction of sp³-hybridized carbons (Fsp3) is 0.0952. The molecular weight excluding hydrogens is 369 g/mol. The maximum Gasteiger partial charge on any atom is 0.347 e. The molecule has 3 aromatic rings. The zero-order chi connectivity index (χ0) is 20.4. The number of fused-ring (bicyclic) bond motifs is 1. The van der Waals surface area contributed by atoms with E-state index in [0.717, 1.165) is 16.4 Å². The van der Waals surface area contributed by atoms with Gasteiger partial charge < -0.3 is 19.8 Å². The molecule has 0 aliphatic carbocycles. The molecule has 2 N–H and O–H groups in total. The van der Waals surface area contributed by atoms with E-state index in [4.69, 9.17) is 9.47 Å². The number of carbonyl (C=O) groups excluding carboxylic acids is 2. The van der Waals surface area contributed by atoms with Crippen molar-refractivity contribution in [1.29, 1.82) is 0 Å². The molecule has 1 aliphatic rings. The highest BCUT2D eigenvalue weighted by atomic mass is 16.5. The number of carbonyl (C=O) groups is 2. The molecule has 0 spiro atoms. The molecule has 1 aliphatic heterocycles. The summed E-state index contributed by atoms with van der Waals surface area (Å²) in [5.41, 5.74) is 3.05. The van der Waals surface area contributed by atoms with Gasteiger partial charge in [0.2, 0.25) is 11.7 Å². The molecule has 0 radical (unpaired) electrons. The monoisotopic (exact) mass is 387 g/mol. The molecule has 0 unspecified atom stereocenters. The number of hydrogen-bond acceptors (Lipinski definition) is 6. The number of rotatable bonds is 5. The third-order valence-electron chi connectivity index (χ3n) is 4.45. The summed E-state index contributed by atoms with van der Waals surface area (Å²) < 4.78 is 10.8. The van der Waals surface area contributed by atoms with Gasteiger partial charge in [0.25, 0.3) is 0 Å². The second-order valence-corrected chi connectivity index (χ2v) is 6.50. The summed E-state index contributed by atoms with van der Waals surface area (Å²) in [5, 5.41) is 3.85. The van der Waals surface area contributed by atoms with Crippen LogP contribution in [0, 0.1) is 0 Å². The van der Waals surface area contributed by atoms with E-state index in [0.29, 0.717) is 11.3 Å². The van der Waals surface area contributed by atoms with Crippen molar-refractivity contribution < 1.29 is 19.1 Å². The van der Waals surface area contributed by atoms with Crippen molar-refractivity contribution in [3.05, 3.63) is 71.6 Å². The van der Waals surface area contributed by atoms with Gasteiger partial charge in [0.1, 0.15) is 13.5 Å². The van der Waals surface area contributed by atoms with Crippen LogP contribution in [0.4, 0.5) is 5.69 Å². The third-order valence-corrected chi connectivity index (χ3v) is 4.45. The number of Topliss-reactive ketones (excluding diaryl/α,β-unsaturated/α-hetero) is 1. The lowest BCUT2D eigenvalue weighted by atomic mass is 9.96. The molecule has 2 aromatic heterocycles. The Morgan fingerprint density at radius 1 is 1.31 bits per heavy atom. The summed E-state index contributed by atoms with van der Waals surface area (Å²) in [5.74, 6) is -1.17. The van der Waals surface area contributed by atoms with E-state index in [9.17, 15) is 9.59 Å². The molecule has 4 rings (SSSR count). The predicted molar refractivity (Wildman–Crippen MR) is 112 cm³/mol. The van der Waals surface area contributed by atoms with Crippen LogP contribution in [0.2, 0.25) is 0 Å². The van der Waals surface area contributed by atoms with E-state index in [-0.39, 0.29) is 23.8 Å². The largest absolute Gasteiger partial charge is 0.462 e. The number of ether oxygens (including phenoxy) is 2. The molecule has 0 saturated heterocycles. The molecule has 0 saturated carbocycles. The predicted octanol–water partition coefficient (Wildman–Crippen LogP) is 1.65. The fourth-order valence-corrected chi connectivity index (χ4v) is 3.01. The minimum atomic E-state index is -0.726. The SMILES string of the molecule is Bc1ccc(NC2=C(C(=O)OCC)C(=O)/C(=C/c3c[nH]c4ncccc34)O2)cc1. The van der Waals surface area contributed by atoms with Gasteiger partial charge in [-0.25, -0.2) is 9.78 Å². The van der Waals surface area contributed by atoms with E-state index >= 15 is 0 Å². The highest BCUT2D eigenvalue weighted by Crippen LogP contribution is 2.30. The van der Waals surface area contributed by atoms with E-state index in [1.54, 1.807) is 25.4 Å². The Morgan fingerprint density at radius 2 is 2.10 bits per heavy atom. The van der Waals surface area contributed by atoms with Crippen LogP contribution in [0.1, 0.15) is 12.5 Å². The van der Waals surface area contributed by atoms with Crippen LogP contribution in [0.25, 0.3) is 17.1 Å². The van der Waals surface area contributed by atoms with Crippen molar-refractivity contribution in [2.24, 2.45) is 0 Å². The van der Waals surface area contributed by atoms with Crippen molar-refractivity contribution in [3.8, 4) is 0 Å². The van der Waals surface area contributed by atoms with Gasteiger partial charge in [0, 0.05) is 29.0 Å². The normalized spacial score (nSPS) is 15.1. The van der Waals surface area contributed by atoms with Crippen molar-refractivity contribution in [2.75, 3.05) is 11.9 Å². The average molecular weight is 387 g/mol. The van der Waals surface area contributed by atoms with Gasteiger partial charge in [-0.05, 0) is 37.3 Å². The summed E-state index contributed by atoms with van der Waals surface area (Å²) >= 11 is 0. The lowest BCUT2D eigenvalue weighted by Crippen LogP contribution is -2.16. The minimum Gasteiger partial charge on any atom is -0.462 e. The van der Waals surface area contributed by atoms with E-state index < -0.39 is 11.8 Å². The molecule has 0 bridgehead atoms. The van der Waals surface area contributed by atoms with Gasteiger partial charge in [-0.1, -0.05) is 17.6 Å². The number of hydrogen-bond donors (Lipinski definition) is 2. The average Bonchev–Trinajstić information content (AvgIpc) is 3.25. The van der Waals surface area contributed by atoms with Crippen molar-refractivity contribution in [3.63, 3.8) is 0 Å². The number of aromatic nitrogens is 2. The molecule has 0 atom stereocenters. The van der Waals surface area contributed by atoms with Crippen molar-refractivity contribution >= 4 is 47.9 Å². The Balaban J connectivity index is 1.70. The van der Waals surface area contributed by atoms with E-state index in [1.807, 2.05) is 44.2 Å². The minimum absolute atomic E-state index is 0.0346. The highest BCUT2D eigenvalue weighted by molar-refractivity contribution is 6.32. The van der Waals surface area contributed by atoms with Crippen LogP contribution in [-0.2, 0) is 19.1 Å². The number of H-pyrrole nitrogens is 1. The second-order valence-electron chi connectivity index (χ2n) is 6.50. The Labute approximate surface area is 167 Å². The van der Waals surface area contributed by atoms with E-state index in [2.05, 4.69) is 15.3 Å². The molecule has 8 heteroatoms. The smallest absolute Gasteiger partial charge is 0.347 e. The molecule has 1 aromatic carbocycles. The maximum absolute atomic E-state index is 12.9. The van der Waals surface area contributed by atoms with Gasteiger partial charge in [-0.3, -0.25) is 4.79 Å². The summed E-state index contributed by atoms with van der Waals surface area (Å²) in [6, 6.07) is 11.2. The molecule has 144 valence electrons. The van der Waals surface area contributed by atoms with Crippen LogP contribution in [0.15, 0.2) is 66.0 Å². The maximum atomic E-state index is 12.9. The second kappa shape index (κ2) is 7.67. The molecule has 29 heavy (non-hydrogen) atoms. The van der Waals surface area contributed by atoms with Gasteiger partial charge in [-0.2, -0.15) is 0 Å². The van der Waals surface area contributed by atoms with Crippen molar-refractivity contribution in [1.82, 2.24) is 9.97 Å². The number of benzene rings is 1. The van der Waals surface area contributed by atoms with Crippen LogP contribution >= 0.6 is 0 Å². The quantitative estimate of drug-likeness (QED) is 0.299. The number of aromatic amines is 1. The summed E-state index contributed by atoms with van der Waals surface area (Å²) in [7, 11) is 1.97. The fourth-order valence-electron chi connectivity index (χ4n) is 3.01. The Morgan fingerprint density at radius 3 is 2.86 bits per heavy atom. The van der Waals surface area contributed by atoms with Crippen LogP contribution in [0.5, 0.6) is 0 Å². The lowest BCUT2D eigenvalue weighted by Gasteiger charge is -2.09.